The highest BCUT2D eigenvalue weighted by atomic mass is 16.3. The molecule has 1 fully saturated rings. The van der Waals surface area contributed by atoms with Gasteiger partial charge in [0, 0.05) is 23.7 Å². The number of carbonyl (C=O) groups excluding carboxylic acids is 1. The van der Waals surface area contributed by atoms with Crippen molar-refractivity contribution < 1.29 is 9.21 Å². The third-order valence-electron chi connectivity index (χ3n) is 4.77. The lowest BCUT2D eigenvalue weighted by molar-refractivity contribution is 0.0950. The number of aryl methyl sites for hydroxylation is 1. The first-order chi connectivity index (χ1) is 11.7. The van der Waals surface area contributed by atoms with Gasteiger partial charge >= 0.3 is 0 Å². The van der Waals surface area contributed by atoms with Crippen molar-refractivity contribution in [3.05, 3.63) is 47.7 Å². The molecule has 0 saturated heterocycles. The van der Waals surface area contributed by atoms with Crippen LogP contribution >= 0.6 is 0 Å². The molecule has 3 heterocycles. The average molecular weight is 324 g/mol. The highest BCUT2D eigenvalue weighted by molar-refractivity contribution is 5.96. The Labute approximate surface area is 139 Å². The predicted octanol–water partition coefficient (Wildman–Crippen LogP) is 3.38. The molecule has 0 radical (unpaired) electrons. The summed E-state index contributed by atoms with van der Waals surface area (Å²) in [5.74, 6) is 0.681. The molecule has 0 aromatic carbocycles. The van der Waals surface area contributed by atoms with Crippen molar-refractivity contribution in [1.82, 2.24) is 20.1 Å². The third kappa shape index (κ3) is 2.68. The molecular formula is C18H20N4O2. The number of carbonyl (C=O) groups is 1. The van der Waals surface area contributed by atoms with Crippen molar-refractivity contribution in [2.45, 2.75) is 45.2 Å². The van der Waals surface area contributed by atoms with Gasteiger partial charge in [-0.25, -0.2) is 9.67 Å². The Morgan fingerprint density at radius 3 is 2.96 bits per heavy atom. The summed E-state index contributed by atoms with van der Waals surface area (Å²) in [5.41, 5.74) is 2.39. The fourth-order valence-electron chi connectivity index (χ4n) is 3.35. The monoisotopic (exact) mass is 324 g/mol. The van der Waals surface area contributed by atoms with E-state index in [0.717, 1.165) is 35.2 Å². The van der Waals surface area contributed by atoms with Crippen molar-refractivity contribution >= 4 is 16.9 Å². The molecule has 3 aromatic rings. The van der Waals surface area contributed by atoms with Gasteiger partial charge in [0.1, 0.15) is 5.76 Å². The van der Waals surface area contributed by atoms with Gasteiger partial charge in [0.15, 0.2) is 5.65 Å². The standard InChI is InChI=1S/C18H20N4O2/c1-12-13(6-7-24-12)9-20-18(23)15-8-14-11-21-22(17(14)19-10-15)16-4-2-3-5-16/h6-8,10-11,16H,2-5,9H2,1H3,(H,20,23). The van der Waals surface area contributed by atoms with Crippen LogP contribution in [0, 0.1) is 6.92 Å². The zero-order valence-electron chi connectivity index (χ0n) is 13.7. The van der Waals surface area contributed by atoms with E-state index >= 15 is 0 Å². The molecule has 3 aromatic heterocycles. The van der Waals surface area contributed by atoms with E-state index in [0.29, 0.717) is 18.2 Å². The number of pyridine rings is 1. The van der Waals surface area contributed by atoms with E-state index in [1.807, 2.05) is 23.7 Å². The molecule has 24 heavy (non-hydrogen) atoms. The lowest BCUT2D eigenvalue weighted by Gasteiger charge is -2.10. The van der Waals surface area contributed by atoms with E-state index in [1.165, 1.54) is 12.8 Å². The molecule has 6 heteroatoms. The van der Waals surface area contributed by atoms with Crippen LogP contribution in [0.4, 0.5) is 0 Å². The van der Waals surface area contributed by atoms with Crippen LogP contribution in [0.1, 0.15) is 53.4 Å². The smallest absolute Gasteiger partial charge is 0.253 e. The topological polar surface area (TPSA) is 73.0 Å². The summed E-state index contributed by atoms with van der Waals surface area (Å²) in [4.78, 5) is 16.8. The van der Waals surface area contributed by atoms with Crippen LogP contribution in [0.15, 0.2) is 35.2 Å². The van der Waals surface area contributed by atoms with Crippen molar-refractivity contribution in [2.75, 3.05) is 0 Å². The van der Waals surface area contributed by atoms with Gasteiger partial charge in [-0.05, 0) is 31.9 Å². The van der Waals surface area contributed by atoms with Crippen molar-refractivity contribution in [3.63, 3.8) is 0 Å². The maximum Gasteiger partial charge on any atom is 0.253 e. The van der Waals surface area contributed by atoms with E-state index < -0.39 is 0 Å². The predicted molar refractivity (Wildman–Crippen MR) is 89.6 cm³/mol. The minimum Gasteiger partial charge on any atom is -0.469 e. The molecule has 1 saturated carbocycles. The summed E-state index contributed by atoms with van der Waals surface area (Å²) in [5, 5.41) is 8.30. The van der Waals surface area contributed by atoms with E-state index in [-0.39, 0.29) is 5.91 Å². The Morgan fingerprint density at radius 2 is 2.21 bits per heavy atom. The summed E-state index contributed by atoms with van der Waals surface area (Å²) in [7, 11) is 0. The van der Waals surface area contributed by atoms with Crippen molar-refractivity contribution in [3.8, 4) is 0 Å². The molecule has 1 amide bonds. The van der Waals surface area contributed by atoms with Gasteiger partial charge in [0.2, 0.25) is 0 Å². The second-order valence-corrected chi connectivity index (χ2v) is 6.35. The van der Waals surface area contributed by atoms with Crippen LogP contribution < -0.4 is 5.32 Å². The van der Waals surface area contributed by atoms with E-state index in [9.17, 15) is 4.79 Å². The zero-order valence-corrected chi connectivity index (χ0v) is 13.7. The number of hydrogen-bond donors (Lipinski definition) is 1. The Hall–Kier alpha value is -2.63. The maximum absolute atomic E-state index is 12.3. The summed E-state index contributed by atoms with van der Waals surface area (Å²) in [6.45, 7) is 2.33. The van der Waals surface area contributed by atoms with Crippen LogP contribution in [0.3, 0.4) is 0 Å². The molecule has 0 atom stereocenters. The number of fused-ring (bicyclic) bond motifs is 1. The molecule has 6 nitrogen and oxygen atoms in total. The van der Waals surface area contributed by atoms with E-state index in [2.05, 4.69) is 15.4 Å². The van der Waals surface area contributed by atoms with Gasteiger partial charge in [-0.1, -0.05) is 12.8 Å². The van der Waals surface area contributed by atoms with Gasteiger partial charge in [-0.3, -0.25) is 4.79 Å². The number of rotatable bonds is 4. The Kier molecular flexibility index (Phi) is 3.80. The summed E-state index contributed by atoms with van der Waals surface area (Å²) < 4.78 is 7.25. The van der Waals surface area contributed by atoms with Crippen molar-refractivity contribution in [2.24, 2.45) is 0 Å². The lowest BCUT2D eigenvalue weighted by atomic mass is 10.2. The molecule has 1 aliphatic carbocycles. The molecule has 1 aliphatic rings. The summed E-state index contributed by atoms with van der Waals surface area (Å²) in [6, 6.07) is 4.17. The van der Waals surface area contributed by atoms with Crippen LogP contribution in [0.5, 0.6) is 0 Å². The molecule has 124 valence electrons. The molecule has 4 rings (SSSR count). The third-order valence-corrected chi connectivity index (χ3v) is 4.77. The van der Waals surface area contributed by atoms with Crippen LogP contribution in [0.25, 0.3) is 11.0 Å². The minimum absolute atomic E-state index is 0.140. The summed E-state index contributed by atoms with van der Waals surface area (Å²) in [6.07, 6.45) is 9.88. The number of nitrogens with zero attached hydrogens (tertiary/aromatic N) is 3. The van der Waals surface area contributed by atoms with Gasteiger partial charge in [0.05, 0.1) is 24.1 Å². The molecule has 1 N–H and O–H groups in total. The molecule has 0 spiro atoms. The summed E-state index contributed by atoms with van der Waals surface area (Å²) >= 11 is 0. The maximum atomic E-state index is 12.3. The first-order valence-corrected chi connectivity index (χ1v) is 8.37. The second kappa shape index (κ2) is 6.11. The normalized spacial score (nSPS) is 15.2. The van der Waals surface area contributed by atoms with Crippen molar-refractivity contribution in [1.29, 1.82) is 0 Å². The lowest BCUT2D eigenvalue weighted by Crippen LogP contribution is -2.23. The first-order valence-electron chi connectivity index (χ1n) is 8.37. The quantitative estimate of drug-likeness (QED) is 0.798. The Balaban J connectivity index is 1.52. The van der Waals surface area contributed by atoms with E-state index in [4.69, 9.17) is 4.42 Å². The molecular weight excluding hydrogens is 304 g/mol. The average Bonchev–Trinajstić information content (AvgIpc) is 3.32. The fourth-order valence-corrected chi connectivity index (χ4v) is 3.35. The molecule has 0 unspecified atom stereocenters. The van der Waals surface area contributed by atoms with E-state index in [1.54, 1.807) is 18.7 Å². The van der Waals surface area contributed by atoms with Gasteiger partial charge in [0.25, 0.3) is 5.91 Å². The molecule has 0 bridgehead atoms. The SMILES string of the molecule is Cc1occc1CNC(=O)c1cnc2c(cnn2C2CCCC2)c1. The zero-order chi connectivity index (χ0) is 16.5. The number of aromatic nitrogens is 3. The first kappa shape index (κ1) is 14.9. The van der Waals surface area contributed by atoms with Gasteiger partial charge in [-0.2, -0.15) is 5.10 Å². The Morgan fingerprint density at radius 1 is 1.38 bits per heavy atom. The van der Waals surface area contributed by atoms with Gasteiger partial charge in [-0.15, -0.1) is 0 Å². The number of amides is 1. The molecule has 0 aliphatic heterocycles. The highest BCUT2D eigenvalue weighted by Crippen LogP contribution is 2.31. The number of furan rings is 1. The fraction of sp³-hybridized carbons (Fsp3) is 0.389. The van der Waals surface area contributed by atoms with Crippen LogP contribution in [-0.2, 0) is 6.54 Å². The van der Waals surface area contributed by atoms with Crippen LogP contribution in [0.2, 0.25) is 0 Å². The minimum atomic E-state index is -0.140. The second-order valence-electron chi connectivity index (χ2n) is 6.35. The Bertz CT molecular complexity index is 874. The number of nitrogens with one attached hydrogen (secondary N) is 1. The number of hydrogen-bond acceptors (Lipinski definition) is 4. The van der Waals surface area contributed by atoms with Gasteiger partial charge < -0.3 is 9.73 Å². The highest BCUT2D eigenvalue weighted by Gasteiger charge is 2.20. The largest absolute Gasteiger partial charge is 0.469 e. The van der Waals surface area contributed by atoms with Crippen LogP contribution in [-0.4, -0.2) is 20.7 Å².